The number of amides is 1. The summed E-state index contributed by atoms with van der Waals surface area (Å²) in [6.07, 6.45) is -0.211. The van der Waals surface area contributed by atoms with Gasteiger partial charge in [0.2, 0.25) is 5.91 Å². The highest BCUT2D eigenvalue weighted by atomic mass is 19.2. The molecular weight excluding hydrogens is 268 g/mol. The van der Waals surface area contributed by atoms with Crippen molar-refractivity contribution >= 4 is 11.9 Å². The number of carbonyl (C=O) groups is 2. The van der Waals surface area contributed by atoms with Crippen LogP contribution in [0.15, 0.2) is 18.2 Å². The summed E-state index contributed by atoms with van der Waals surface area (Å²) in [5, 5.41) is 11.5. The van der Waals surface area contributed by atoms with E-state index in [1.54, 1.807) is 20.8 Å². The third-order valence-corrected chi connectivity index (χ3v) is 2.77. The summed E-state index contributed by atoms with van der Waals surface area (Å²) < 4.78 is 25.8. The molecule has 0 saturated carbocycles. The van der Waals surface area contributed by atoms with Crippen LogP contribution in [0.4, 0.5) is 8.78 Å². The zero-order chi connectivity index (χ0) is 15.5. The van der Waals surface area contributed by atoms with E-state index in [4.69, 9.17) is 5.11 Å². The third kappa shape index (κ3) is 4.29. The Balaban J connectivity index is 2.76. The van der Waals surface area contributed by atoms with Crippen LogP contribution in [0.2, 0.25) is 0 Å². The molecule has 4 nitrogen and oxygen atoms in total. The van der Waals surface area contributed by atoms with E-state index in [0.29, 0.717) is 0 Å². The highest BCUT2D eigenvalue weighted by Gasteiger charge is 2.32. The summed E-state index contributed by atoms with van der Waals surface area (Å²) in [5.41, 5.74) is -0.380. The van der Waals surface area contributed by atoms with Gasteiger partial charge in [-0.2, -0.15) is 0 Å². The normalized spacial score (nSPS) is 12.8. The Labute approximate surface area is 115 Å². The van der Waals surface area contributed by atoms with Crippen LogP contribution in [0.1, 0.15) is 26.3 Å². The molecule has 0 spiro atoms. The maximum atomic E-state index is 13.0. The molecule has 2 N–H and O–H groups in total. The van der Waals surface area contributed by atoms with Crippen LogP contribution < -0.4 is 5.32 Å². The molecule has 0 aliphatic heterocycles. The number of aliphatic carboxylic acids is 1. The van der Waals surface area contributed by atoms with Crippen LogP contribution in [0.3, 0.4) is 0 Å². The maximum Gasteiger partial charge on any atom is 0.326 e. The maximum absolute atomic E-state index is 13.0. The molecule has 0 aromatic heterocycles. The van der Waals surface area contributed by atoms with Gasteiger partial charge in [-0.25, -0.2) is 13.6 Å². The first-order valence-electron chi connectivity index (χ1n) is 6.07. The Bertz CT molecular complexity index is 524. The summed E-state index contributed by atoms with van der Waals surface area (Å²) in [4.78, 5) is 22.9. The minimum Gasteiger partial charge on any atom is -0.480 e. The van der Waals surface area contributed by atoms with Crippen LogP contribution >= 0.6 is 0 Å². The molecule has 0 fully saturated rings. The first-order chi connectivity index (χ1) is 9.11. The molecule has 1 rings (SSSR count). The minimum atomic E-state index is -1.14. The van der Waals surface area contributed by atoms with E-state index in [9.17, 15) is 18.4 Å². The van der Waals surface area contributed by atoms with Gasteiger partial charge in [0.15, 0.2) is 11.6 Å². The third-order valence-electron chi connectivity index (χ3n) is 2.77. The van der Waals surface area contributed by atoms with Crippen molar-refractivity contribution in [1.82, 2.24) is 5.32 Å². The Kier molecular flexibility index (Phi) is 4.81. The highest BCUT2D eigenvalue weighted by molar-refractivity contribution is 5.85. The van der Waals surface area contributed by atoms with Gasteiger partial charge in [-0.1, -0.05) is 26.8 Å². The minimum absolute atomic E-state index is 0.211. The summed E-state index contributed by atoms with van der Waals surface area (Å²) in [6, 6.07) is 2.07. The van der Waals surface area contributed by atoms with Gasteiger partial charge in [0.1, 0.15) is 6.04 Å². The van der Waals surface area contributed by atoms with E-state index in [2.05, 4.69) is 5.32 Å². The van der Waals surface area contributed by atoms with Crippen molar-refractivity contribution in [3.05, 3.63) is 35.4 Å². The van der Waals surface area contributed by atoms with Crippen LogP contribution in [-0.4, -0.2) is 23.0 Å². The lowest BCUT2D eigenvalue weighted by molar-refractivity contribution is -0.144. The number of halogens is 2. The standard InChI is InChI=1S/C14H17F2NO3/c1-14(2,3)12(13(19)20)17-11(18)7-8-4-5-9(15)10(16)6-8/h4-6,12H,7H2,1-3H3,(H,17,18)(H,19,20)/t12-/m0/s1. The zero-order valence-electron chi connectivity index (χ0n) is 11.5. The first kappa shape index (κ1) is 16.1. The lowest BCUT2D eigenvalue weighted by atomic mass is 9.86. The fraction of sp³-hybridized carbons (Fsp3) is 0.429. The van der Waals surface area contributed by atoms with Crippen LogP contribution in [0.25, 0.3) is 0 Å². The lowest BCUT2D eigenvalue weighted by Gasteiger charge is -2.27. The molecule has 0 saturated heterocycles. The number of carboxylic acids is 1. The van der Waals surface area contributed by atoms with Crippen molar-refractivity contribution in [1.29, 1.82) is 0 Å². The molecule has 0 unspecified atom stereocenters. The van der Waals surface area contributed by atoms with E-state index < -0.39 is 35.0 Å². The average Bonchev–Trinajstić information content (AvgIpc) is 2.29. The molecule has 1 amide bonds. The van der Waals surface area contributed by atoms with Gasteiger partial charge in [0, 0.05) is 0 Å². The van der Waals surface area contributed by atoms with Crippen LogP contribution in [0.5, 0.6) is 0 Å². The number of benzene rings is 1. The van der Waals surface area contributed by atoms with Gasteiger partial charge in [0.05, 0.1) is 6.42 Å². The predicted molar refractivity (Wildman–Crippen MR) is 69.1 cm³/mol. The van der Waals surface area contributed by atoms with Gasteiger partial charge in [0.25, 0.3) is 0 Å². The fourth-order valence-electron chi connectivity index (χ4n) is 1.70. The van der Waals surface area contributed by atoms with Crippen molar-refractivity contribution in [3.8, 4) is 0 Å². The summed E-state index contributed by atoms with van der Waals surface area (Å²) >= 11 is 0. The van der Waals surface area contributed by atoms with Crippen molar-refractivity contribution < 1.29 is 23.5 Å². The predicted octanol–water partition coefficient (Wildman–Crippen LogP) is 2.12. The summed E-state index contributed by atoms with van der Waals surface area (Å²) in [7, 11) is 0. The van der Waals surface area contributed by atoms with Crippen LogP contribution in [-0.2, 0) is 16.0 Å². The molecule has 1 aromatic carbocycles. The second-order valence-corrected chi connectivity index (χ2v) is 5.63. The smallest absolute Gasteiger partial charge is 0.326 e. The quantitative estimate of drug-likeness (QED) is 0.890. The Morgan fingerprint density at radius 2 is 1.85 bits per heavy atom. The van der Waals surface area contributed by atoms with Crippen molar-refractivity contribution in [2.45, 2.75) is 33.2 Å². The summed E-state index contributed by atoms with van der Waals surface area (Å²) in [5.74, 6) is -3.73. The van der Waals surface area contributed by atoms with E-state index in [1.165, 1.54) is 6.07 Å². The van der Waals surface area contributed by atoms with Gasteiger partial charge < -0.3 is 10.4 Å². The molecule has 0 heterocycles. The number of carbonyl (C=O) groups excluding carboxylic acids is 1. The molecule has 6 heteroatoms. The fourth-order valence-corrected chi connectivity index (χ4v) is 1.70. The largest absolute Gasteiger partial charge is 0.480 e. The van der Waals surface area contributed by atoms with Crippen LogP contribution in [0, 0.1) is 17.0 Å². The van der Waals surface area contributed by atoms with Crippen molar-refractivity contribution in [2.24, 2.45) is 5.41 Å². The van der Waals surface area contributed by atoms with Gasteiger partial charge in [-0.3, -0.25) is 4.79 Å². The zero-order valence-corrected chi connectivity index (χ0v) is 11.5. The molecule has 0 radical (unpaired) electrons. The molecule has 110 valence electrons. The van der Waals surface area contributed by atoms with E-state index in [-0.39, 0.29) is 12.0 Å². The second kappa shape index (κ2) is 5.98. The Morgan fingerprint density at radius 3 is 2.30 bits per heavy atom. The number of hydrogen-bond acceptors (Lipinski definition) is 2. The molecule has 0 aliphatic rings. The number of carboxylic acid groups (broad SMARTS) is 1. The average molecular weight is 285 g/mol. The number of hydrogen-bond donors (Lipinski definition) is 2. The monoisotopic (exact) mass is 285 g/mol. The van der Waals surface area contributed by atoms with Gasteiger partial charge in [-0.15, -0.1) is 0 Å². The molecule has 1 aromatic rings. The lowest BCUT2D eigenvalue weighted by Crippen LogP contribution is -2.49. The van der Waals surface area contributed by atoms with Gasteiger partial charge >= 0.3 is 5.97 Å². The Hall–Kier alpha value is -1.98. The first-order valence-corrected chi connectivity index (χ1v) is 6.07. The van der Waals surface area contributed by atoms with Crippen molar-refractivity contribution in [3.63, 3.8) is 0 Å². The molecule has 20 heavy (non-hydrogen) atoms. The topological polar surface area (TPSA) is 66.4 Å². The van der Waals surface area contributed by atoms with E-state index in [0.717, 1.165) is 12.1 Å². The van der Waals surface area contributed by atoms with E-state index >= 15 is 0 Å². The molecule has 0 bridgehead atoms. The summed E-state index contributed by atoms with van der Waals surface area (Å²) in [6.45, 7) is 5.05. The van der Waals surface area contributed by atoms with Gasteiger partial charge in [-0.05, 0) is 23.1 Å². The molecule has 0 aliphatic carbocycles. The number of nitrogens with one attached hydrogen (secondary N) is 1. The molecule has 1 atom stereocenters. The second-order valence-electron chi connectivity index (χ2n) is 5.63. The number of rotatable bonds is 4. The molecular formula is C14H17F2NO3. The van der Waals surface area contributed by atoms with E-state index in [1.807, 2.05) is 0 Å². The Morgan fingerprint density at radius 1 is 1.25 bits per heavy atom. The highest BCUT2D eigenvalue weighted by Crippen LogP contribution is 2.19. The van der Waals surface area contributed by atoms with Crippen molar-refractivity contribution in [2.75, 3.05) is 0 Å². The SMILES string of the molecule is CC(C)(C)[C@@H](NC(=O)Cc1ccc(F)c(F)c1)C(=O)O.